The van der Waals surface area contributed by atoms with Crippen LogP contribution in [0.15, 0.2) is 0 Å². The molecule has 0 bridgehead atoms. The summed E-state index contributed by atoms with van der Waals surface area (Å²) in [7, 11) is 0. The summed E-state index contributed by atoms with van der Waals surface area (Å²) >= 11 is 0. The Hall–Kier alpha value is 1.54. The molecule has 0 saturated carbocycles. The fourth-order valence-corrected chi connectivity index (χ4v) is 0. The van der Waals surface area contributed by atoms with Crippen molar-refractivity contribution in [1.82, 2.24) is 0 Å². The Balaban J connectivity index is 0. The maximum absolute atomic E-state index is 0. The van der Waals surface area contributed by atoms with Crippen LogP contribution in [0.5, 0.6) is 0 Å². The zero-order valence-electron chi connectivity index (χ0n) is 1.62. The van der Waals surface area contributed by atoms with Crippen molar-refractivity contribution < 1.29 is 59.5 Å². The second kappa shape index (κ2) is 23.9. The molecule has 2 nitrogen and oxygen atoms in total. The van der Waals surface area contributed by atoms with Crippen molar-refractivity contribution in [2.75, 3.05) is 0 Å². The van der Waals surface area contributed by atoms with Crippen molar-refractivity contribution in [3.05, 3.63) is 0 Å². The van der Waals surface area contributed by atoms with E-state index in [0.717, 1.165) is 0 Å². The summed E-state index contributed by atoms with van der Waals surface area (Å²) in [4.78, 5) is 0. The van der Waals surface area contributed by atoms with Crippen LogP contribution in [0.2, 0.25) is 0 Å². The molecule has 0 unspecified atom stereocenters. The average Bonchev–Trinajstić information content (AvgIpc) is 0. The van der Waals surface area contributed by atoms with E-state index in [4.69, 9.17) is 0 Å². The van der Waals surface area contributed by atoms with E-state index in [0.29, 0.717) is 0 Å². The second-order valence-electron chi connectivity index (χ2n) is 0. The molecule has 0 aliphatic rings. The molecule has 0 aromatic rings. The van der Waals surface area contributed by atoms with Gasteiger partial charge >= 0.3 is 48.6 Å². The van der Waals surface area contributed by atoms with Crippen molar-refractivity contribution in [3.63, 3.8) is 0 Å². The average molecular weight is 231 g/mol. The Morgan fingerprint density at radius 1 is 0.750 bits per heavy atom. The maximum Gasteiger partial charge on any atom is 4.00 e. The first-order valence-electron chi connectivity index (χ1n) is 0. The molecule has 26 valence electrons. The van der Waals surface area contributed by atoms with Crippen LogP contribution in [0.25, 0.3) is 0 Å². The van der Waals surface area contributed by atoms with Gasteiger partial charge in [0.1, 0.15) is 0 Å². The minimum Gasteiger partial charge on any atom is -2.00 e. The smallest absolute Gasteiger partial charge is 2.00 e. The normalized spacial score (nSPS) is 0. The first-order chi connectivity index (χ1) is 0. The third kappa shape index (κ3) is 9.62. The Bertz CT molecular complexity index is 6.00. The summed E-state index contributed by atoms with van der Waals surface area (Å²) in [6.45, 7) is 0. The van der Waals surface area contributed by atoms with Gasteiger partial charge in [0.2, 0.25) is 0 Å². The molecule has 0 N–H and O–H groups in total. The second-order valence-corrected chi connectivity index (χ2v) is 0. The van der Waals surface area contributed by atoms with Gasteiger partial charge in [0, 0.05) is 0 Å². The van der Waals surface area contributed by atoms with Crippen molar-refractivity contribution in [1.29, 1.82) is 0 Å². The van der Waals surface area contributed by atoms with Gasteiger partial charge in [0.25, 0.3) is 0 Å². The molecule has 0 spiro atoms. The van der Waals surface area contributed by atoms with Gasteiger partial charge in [-0.2, -0.15) is 0 Å². The first-order valence-corrected chi connectivity index (χ1v) is 0. The predicted molar refractivity (Wildman–Crippen MR) is 1.37 cm³/mol. The van der Waals surface area contributed by atoms with E-state index < -0.39 is 0 Å². The van der Waals surface area contributed by atoms with Crippen molar-refractivity contribution in [2.24, 2.45) is 0 Å². The van der Waals surface area contributed by atoms with Crippen LogP contribution in [0.4, 0.5) is 0 Å². The van der Waals surface area contributed by atoms with E-state index in [1.54, 1.807) is 0 Å². The van der Waals surface area contributed by atoms with Crippen molar-refractivity contribution >= 4 is 0 Å². The van der Waals surface area contributed by atoms with Gasteiger partial charge in [0.15, 0.2) is 0 Å². The largest absolute Gasteiger partial charge is 4.00 e. The zero-order valence-corrected chi connectivity index (χ0v) is 5.56. The predicted octanol–water partition coefficient (Wildman–Crippen LogP) is -0.243. The summed E-state index contributed by atoms with van der Waals surface area (Å²) in [5.41, 5.74) is 0. The standard InChI is InChI=1S/Ag.2O.Zr/q+1;2*-2;+4. The molecule has 0 radical (unpaired) electrons. The first kappa shape index (κ1) is 48.0. The van der Waals surface area contributed by atoms with Crippen LogP contribution in [0.3, 0.4) is 0 Å². The van der Waals surface area contributed by atoms with E-state index in [1.807, 2.05) is 0 Å². The van der Waals surface area contributed by atoms with Crippen LogP contribution in [-0.2, 0) is 59.5 Å². The zero-order chi connectivity index (χ0) is 0. The maximum atomic E-state index is 0. The SMILES string of the molecule is [Ag+].[O-2].[O-2].[Zr+4]. The van der Waals surface area contributed by atoms with Crippen LogP contribution in [0, 0.1) is 0 Å². The van der Waals surface area contributed by atoms with Gasteiger partial charge in [-0.1, -0.05) is 0 Å². The van der Waals surface area contributed by atoms with Gasteiger partial charge in [0.05, 0.1) is 0 Å². The molecule has 0 amide bonds. The Kier molecular flexibility index (Phi) is 288. The van der Waals surface area contributed by atoms with Crippen molar-refractivity contribution in [2.45, 2.75) is 0 Å². The van der Waals surface area contributed by atoms with Gasteiger partial charge < -0.3 is 11.0 Å². The van der Waals surface area contributed by atoms with Gasteiger partial charge in [-0.3, -0.25) is 0 Å². The molecular weight excluding hydrogens is 231 g/mol. The summed E-state index contributed by atoms with van der Waals surface area (Å²) in [5, 5.41) is 0. The molecule has 0 aromatic carbocycles. The molecule has 0 aliphatic heterocycles. The molecule has 0 heterocycles. The minimum atomic E-state index is 0. The van der Waals surface area contributed by atoms with Crippen LogP contribution < -0.4 is 0 Å². The van der Waals surface area contributed by atoms with Crippen molar-refractivity contribution in [3.8, 4) is 0 Å². The fraction of sp³-hybridized carbons (Fsp3) is 0. The van der Waals surface area contributed by atoms with Crippen LogP contribution in [0.1, 0.15) is 0 Å². The number of hydrogen-bond acceptors (Lipinski definition) is 0. The molecule has 0 aromatic heterocycles. The molecule has 4 heavy (non-hydrogen) atoms. The molecule has 0 atom stereocenters. The van der Waals surface area contributed by atoms with Gasteiger partial charge in [-0.25, -0.2) is 0 Å². The molecule has 0 aliphatic carbocycles. The summed E-state index contributed by atoms with van der Waals surface area (Å²) in [6.07, 6.45) is 0. The summed E-state index contributed by atoms with van der Waals surface area (Å²) in [6, 6.07) is 0. The fourth-order valence-electron chi connectivity index (χ4n) is 0. The number of rotatable bonds is 0. The molecule has 0 fully saturated rings. The molecule has 4 heteroatoms. The Morgan fingerprint density at radius 3 is 0.750 bits per heavy atom. The van der Waals surface area contributed by atoms with E-state index in [2.05, 4.69) is 0 Å². The van der Waals surface area contributed by atoms with Crippen LogP contribution >= 0.6 is 0 Å². The Morgan fingerprint density at radius 2 is 0.750 bits per heavy atom. The van der Waals surface area contributed by atoms with E-state index in [1.165, 1.54) is 0 Å². The summed E-state index contributed by atoms with van der Waals surface area (Å²) < 4.78 is 0. The molecule has 0 saturated heterocycles. The van der Waals surface area contributed by atoms with E-state index in [-0.39, 0.29) is 59.5 Å². The minimum absolute atomic E-state index is 0. The topological polar surface area (TPSA) is 57.0 Å². The summed E-state index contributed by atoms with van der Waals surface area (Å²) in [5.74, 6) is 0. The van der Waals surface area contributed by atoms with Gasteiger partial charge in [-0.05, 0) is 0 Å². The third-order valence-electron chi connectivity index (χ3n) is 0. The Labute approximate surface area is 59.2 Å². The molecular formula is AgO2Zr+. The van der Waals surface area contributed by atoms with E-state index >= 15 is 0 Å². The monoisotopic (exact) mass is 229 g/mol. The molecule has 0 rings (SSSR count). The van der Waals surface area contributed by atoms with E-state index in [9.17, 15) is 0 Å². The van der Waals surface area contributed by atoms with Gasteiger partial charge in [-0.15, -0.1) is 0 Å². The van der Waals surface area contributed by atoms with Crippen LogP contribution in [-0.4, -0.2) is 0 Å². The number of hydrogen-bond donors (Lipinski definition) is 0. The third-order valence-corrected chi connectivity index (χ3v) is 0. The quantitative estimate of drug-likeness (QED) is 0.516.